The van der Waals surface area contributed by atoms with Crippen molar-refractivity contribution in [3.05, 3.63) is 22.4 Å². The third kappa shape index (κ3) is 4.50. The molecule has 1 aromatic heterocycles. The lowest BCUT2D eigenvalue weighted by Crippen LogP contribution is -2.46. The van der Waals surface area contributed by atoms with Crippen molar-refractivity contribution < 1.29 is 19.1 Å². The molecule has 7 nitrogen and oxygen atoms in total. The first-order chi connectivity index (χ1) is 12.1. The van der Waals surface area contributed by atoms with Crippen molar-refractivity contribution in [2.75, 3.05) is 46.4 Å². The maximum atomic E-state index is 12.8. The van der Waals surface area contributed by atoms with Gasteiger partial charge in [-0.25, -0.2) is 4.79 Å². The molecule has 0 aliphatic carbocycles. The highest BCUT2D eigenvalue weighted by Gasteiger charge is 2.46. The van der Waals surface area contributed by atoms with Crippen molar-refractivity contribution >= 4 is 23.3 Å². The van der Waals surface area contributed by atoms with E-state index in [1.165, 1.54) is 0 Å². The van der Waals surface area contributed by atoms with E-state index in [0.29, 0.717) is 26.2 Å². The molecule has 1 spiro atoms. The summed E-state index contributed by atoms with van der Waals surface area (Å²) in [5.41, 5.74) is 0.668. The second-order valence-electron chi connectivity index (χ2n) is 6.60. The van der Waals surface area contributed by atoms with Crippen LogP contribution in [0.5, 0.6) is 0 Å². The Labute approximate surface area is 151 Å². The largest absolute Gasteiger partial charge is 0.441 e. The fourth-order valence-electron chi connectivity index (χ4n) is 3.32. The molecule has 138 valence electrons. The van der Waals surface area contributed by atoms with Gasteiger partial charge in [0.2, 0.25) is 5.91 Å². The molecule has 3 rings (SSSR count). The average Bonchev–Trinajstić information content (AvgIpc) is 3.21. The molecular formula is C17H25N3O4S. The van der Waals surface area contributed by atoms with E-state index in [1.54, 1.807) is 28.2 Å². The van der Waals surface area contributed by atoms with Gasteiger partial charge >= 0.3 is 6.09 Å². The van der Waals surface area contributed by atoms with Crippen molar-refractivity contribution in [2.24, 2.45) is 0 Å². The maximum Gasteiger partial charge on any atom is 0.410 e. The van der Waals surface area contributed by atoms with Gasteiger partial charge in [-0.15, -0.1) is 0 Å². The van der Waals surface area contributed by atoms with E-state index in [1.807, 2.05) is 16.8 Å². The van der Waals surface area contributed by atoms with Crippen LogP contribution in [-0.2, 0) is 20.8 Å². The second kappa shape index (κ2) is 8.16. The van der Waals surface area contributed by atoms with Crippen LogP contribution in [0, 0.1) is 0 Å². The molecule has 2 aliphatic heterocycles. The first-order valence-corrected chi connectivity index (χ1v) is 9.53. The maximum absolute atomic E-state index is 12.8. The summed E-state index contributed by atoms with van der Waals surface area (Å²) in [6.07, 6.45) is 1.22. The number of amides is 2. The number of hydrogen-bond donors (Lipinski definition) is 1. The molecule has 2 saturated heterocycles. The zero-order valence-corrected chi connectivity index (χ0v) is 15.3. The number of hydrogen-bond acceptors (Lipinski definition) is 6. The molecular weight excluding hydrogens is 342 g/mol. The van der Waals surface area contributed by atoms with Gasteiger partial charge in [0.05, 0.1) is 13.2 Å². The fraction of sp³-hybridized carbons (Fsp3) is 0.647. The van der Waals surface area contributed by atoms with Gasteiger partial charge in [-0.1, -0.05) is 0 Å². The SMILES string of the molecule is COCCN(Cc1ccsc1)C(=O)CN1CC2(CCNCC2)OC1=O. The summed E-state index contributed by atoms with van der Waals surface area (Å²) >= 11 is 1.61. The molecule has 0 bridgehead atoms. The molecule has 2 aliphatic rings. The minimum absolute atomic E-state index is 0.0574. The highest BCUT2D eigenvalue weighted by atomic mass is 32.1. The Balaban J connectivity index is 1.60. The summed E-state index contributed by atoms with van der Waals surface area (Å²) in [6, 6.07) is 2.01. The van der Waals surface area contributed by atoms with Gasteiger partial charge in [0, 0.05) is 33.0 Å². The zero-order valence-electron chi connectivity index (χ0n) is 14.5. The highest BCUT2D eigenvalue weighted by Crippen LogP contribution is 2.31. The molecule has 0 unspecified atom stereocenters. The number of piperidine rings is 1. The van der Waals surface area contributed by atoms with E-state index in [2.05, 4.69) is 5.32 Å². The number of nitrogens with one attached hydrogen (secondary N) is 1. The quantitative estimate of drug-likeness (QED) is 0.787. The summed E-state index contributed by atoms with van der Waals surface area (Å²) in [7, 11) is 1.62. The molecule has 0 saturated carbocycles. The van der Waals surface area contributed by atoms with Crippen molar-refractivity contribution in [2.45, 2.75) is 25.0 Å². The normalized spacial score (nSPS) is 19.2. The molecule has 0 radical (unpaired) electrons. The highest BCUT2D eigenvalue weighted by molar-refractivity contribution is 7.07. The van der Waals surface area contributed by atoms with Crippen LogP contribution in [0.1, 0.15) is 18.4 Å². The monoisotopic (exact) mass is 367 g/mol. The van der Waals surface area contributed by atoms with E-state index in [-0.39, 0.29) is 18.5 Å². The first-order valence-electron chi connectivity index (χ1n) is 8.58. The van der Waals surface area contributed by atoms with E-state index < -0.39 is 5.60 Å². The number of ether oxygens (including phenoxy) is 2. The zero-order chi connectivity index (χ0) is 17.7. The predicted octanol–water partition coefficient (Wildman–Crippen LogP) is 1.30. The lowest BCUT2D eigenvalue weighted by molar-refractivity contribution is -0.133. The van der Waals surface area contributed by atoms with Crippen LogP contribution < -0.4 is 5.32 Å². The second-order valence-corrected chi connectivity index (χ2v) is 7.38. The number of methoxy groups -OCH3 is 1. The molecule has 25 heavy (non-hydrogen) atoms. The van der Waals surface area contributed by atoms with Crippen LogP contribution in [0.15, 0.2) is 16.8 Å². The predicted molar refractivity (Wildman–Crippen MR) is 94.5 cm³/mol. The van der Waals surface area contributed by atoms with E-state index >= 15 is 0 Å². The summed E-state index contributed by atoms with van der Waals surface area (Å²) in [4.78, 5) is 28.3. The fourth-order valence-corrected chi connectivity index (χ4v) is 3.98. The Hall–Kier alpha value is -1.64. The number of thiophene rings is 1. The van der Waals surface area contributed by atoms with E-state index in [0.717, 1.165) is 31.5 Å². The topological polar surface area (TPSA) is 71.1 Å². The molecule has 0 aromatic carbocycles. The lowest BCUT2D eigenvalue weighted by Gasteiger charge is -2.31. The van der Waals surface area contributed by atoms with Crippen molar-refractivity contribution in [3.8, 4) is 0 Å². The van der Waals surface area contributed by atoms with Crippen molar-refractivity contribution in [1.29, 1.82) is 0 Å². The van der Waals surface area contributed by atoms with Gasteiger partial charge in [0.25, 0.3) is 0 Å². The molecule has 1 N–H and O–H groups in total. The summed E-state index contributed by atoms with van der Waals surface area (Å²) in [6.45, 7) is 3.74. The number of rotatable bonds is 7. The summed E-state index contributed by atoms with van der Waals surface area (Å²) < 4.78 is 10.7. The lowest BCUT2D eigenvalue weighted by atomic mass is 9.92. The van der Waals surface area contributed by atoms with Gasteiger partial charge in [0.15, 0.2) is 0 Å². The van der Waals surface area contributed by atoms with Gasteiger partial charge in [-0.05, 0) is 35.5 Å². The van der Waals surface area contributed by atoms with Gasteiger partial charge in [0.1, 0.15) is 12.1 Å². The number of carbonyl (C=O) groups is 2. The number of carbonyl (C=O) groups excluding carboxylic acids is 2. The molecule has 2 fully saturated rings. The van der Waals surface area contributed by atoms with E-state index in [4.69, 9.17) is 9.47 Å². The van der Waals surface area contributed by atoms with Crippen LogP contribution in [0.2, 0.25) is 0 Å². The standard InChI is InChI=1S/C17H25N3O4S/c1-23-8-7-19(10-14-2-9-25-12-14)15(21)11-20-13-17(24-16(20)22)3-5-18-6-4-17/h2,9,12,18H,3-8,10-11,13H2,1H3. The molecule has 8 heteroatoms. The molecule has 1 aromatic rings. The van der Waals surface area contributed by atoms with Crippen LogP contribution in [0.4, 0.5) is 4.79 Å². The third-order valence-corrected chi connectivity index (χ3v) is 5.49. The molecule has 3 heterocycles. The Morgan fingerprint density at radius 3 is 2.96 bits per heavy atom. The van der Waals surface area contributed by atoms with Crippen molar-refractivity contribution in [3.63, 3.8) is 0 Å². The summed E-state index contributed by atoms with van der Waals surface area (Å²) in [5, 5.41) is 7.30. The van der Waals surface area contributed by atoms with Crippen LogP contribution in [-0.4, -0.2) is 73.8 Å². The Morgan fingerprint density at radius 1 is 1.48 bits per heavy atom. The van der Waals surface area contributed by atoms with E-state index in [9.17, 15) is 9.59 Å². The van der Waals surface area contributed by atoms with Gasteiger partial charge < -0.3 is 19.7 Å². The van der Waals surface area contributed by atoms with Gasteiger partial charge in [-0.2, -0.15) is 11.3 Å². The number of nitrogens with zero attached hydrogens (tertiary/aromatic N) is 2. The van der Waals surface area contributed by atoms with Crippen molar-refractivity contribution in [1.82, 2.24) is 15.1 Å². The minimum atomic E-state index is -0.423. The average molecular weight is 367 g/mol. The van der Waals surface area contributed by atoms with Crippen LogP contribution in [0.25, 0.3) is 0 Å². The van der Waals surface area contributed by atoms with Crippen LogP contribution in [0.3, 0.4) is 0 Å². The molecule has 2 amide bonds. The smallest absolute Gasteiger partial charge is 0.410 e. The minimum Gasteiger partial charge on any atom is -0.441 e. The van der Waals surface area contributed by atoms with Gasteiger partial charge in [-0.3, -0.25) is 9.69 Å². The Kier molecular flexibility index (Phi) is 5.93. The summed E-state index contributed by atoms with van der Waals surface area (Å²) in [5.74, 6) is -0.0776. The third-order valence-electron chi connectivity index (χ3n) is 4.75. The Bertz CT molecular complexity index is 587. The van der Waals surface area contributed by atoms with Crippen LogP contribution >= 0.6 is 11.3 Å². The Morgan fingerprint density at radius 2 is 2.28 bits per heavy atom. The first kappa shape index (κ1) is 18.2. The molecule has 0 atom stereocenters.